The maximum atomic E-state index is 3.74. The van der Waals surface area contributed by atoms with Gasteiger partial charge in [0.2, 0.25) is 0 Å². The summed E-state index contributed by atoms with van der Waals surface area (Å²) in [6.45, 7) is 12.7. The first kappa shape index (κ1) is 11.5. The minimum atomic E-state index is 0.816. The Kier molecular flexibility index (Phi) is 5.79. The van der Waals surface area contributed by atoms with Gasteiger partial charge in [0, 0.05) is 0 Å². The smallest absolute Gasteiger partial charge is 0.0142 e. The van der Waals surface area contributed by atoms with Crippen molar-refractivity contribution in [1.82, 2.24) is 0 Å². The molecule has 0 saturated carbocycles. The summed E-state index contributed by atoms with van der Waals surface area (Å²) in [7, 11) is 0. The van der Waals surface area contributed by atoms with E-state index in [9.17, 15) is 0 Å². The predicted molar refractivity (Wildman–Crippen MR) is 57.3 cm³/mol. The molecule has 0 bridgehead atoms. The average Bonchev–Trinajstić information content (AvgIpc) is 2.00. The van der Waals surface area contributed by atoms with Gasteiger partial charge in [-0.3, -0.25) is 0 Å². The minimum Gasteiger partial charge on any atom is -0.103 e. The molecule has 0 rings (SSSR count). The molecule has 0 N–H and O–H groups in total. The van der Waals surface area contributed by atoms with E-state index in [2.05, 4.69) is 34.3 Å². The van der Waals surface area contributed by atoms with Gasteiger partial charge in [0.25, 0.3) is 0 Å². The molecule has 0 radical (unpaired) electrons. The Morgan fingerprint density at radius 2 is 1.83 bits per heavy atom. The molecule has 0 aliphatic carbocycles. The molecule has 0 atom stereocenters. The van der Waals surface area contributed by atoms with E-state index in [4.69, 9.17) is 0 Å². The second-order valence-electron chi connectivity index (χ2n) is 3.99. The number of rotatable bonds is 5. The van der Waals surface area contributed by atoms with Crippen molar-refractivity contribution in [3.05, 3.63) is 23.8 Å². The first-order valence-corrected chi connectivity index (χ1v) is 4.84. The Hall–Kier alpha value is -0.520. The van der Waals surface area contributed by atoms with Crippen LogP contribution in [0.4, 0.5) is 0 Å². The van der Waals surface area contributed by atoms with Gasteiger partial charge in [-0.2, -0.15) is 0 Å². The molecule has 0 aliphatic rings. The zero-order chi connectivity index (χ0) is 9.56. The third kappa shape index (κ3) is 5.17. The fraction of sp³-hybridized carbons (Fsp3) is 0.667. The second-order valence-corrected chi connectivity index (χ2v) is 3.99. The summed E-state index contributed by atoms with van der Waals surface area (Å²) < 4.78 is 0. The predicted octanol–water partition coefficient (Wildman–Crippen LogP) is 4.34. The summed E-state index contributed by atoms with van der Waals surface area (Å²) in [4.78, 5) is 0. The molecular weight excluding hydrogens is 144 g/mol. The van der Waals surface area contributed by atoms with Gasteiger partial charge >= 0.3 is 0 Å². The van der Waals surface area contributed by atoms with Gasteiger partial charge in [-0.1, -0.05) is 31.1 Å². The molecule has 0 saturated heterocycles. The van der Waals surface area contributed by atoms with Crippen LogP contribution < -0.4 is 0 Å². The Balaban J connectivity index is 3.89. The zero-order valence-corrected chi connectivity index (χ0v) is 8.98. The molecular formula is C12H22. The molecule has 0 heteroatoms. The van der Waals surface area contributed by atoms with Crippen LogP contribution in [-0.2, 0) is 0 Å². The van der Waals surface area contributed by atoms with E-state index in [-0.39, 0.29) is 0 Å². The fourth-order valence-electron chi connectivity index (χ4n) is 1.11. The van der Waals surface area contributed by atoms with Crippen molar-refractivity contribution >= 4 is 0 Å². The largest absolute Gasteiger partial charge is 0.103 e. The second kappa shape index (κ2) is 6.05. The molecule has 0 heterocycles. The van der Waals surface area contributed by atoms with Crippen LogP contribution in [0.5, 0.6) is 0 Å². The number of hydrogen-bond acceptors (Lipinski definition) is 0. The first-order valence-electron chi connectivity index (χ1n) is 4.84. The van der Waals surface area contributed by atoms with E-state index >= 15 is 0 Å². The highest BCUT2D eigenvalue weighted by atomic mass is 14.0. The van der Waals surface area contributed by atoms with E-state index in [1.165, 1.54) is 18.4 Å². The molecule has 12 heavy (non-hydrogen) atoms. The van der Waals surface area contributed by atoms with Crippen LogP contribution in [0, 0.1) is 5.92 Å². The highest BCUT2D eigenvalue weighted by Crippen LogP contribution is 2.16. The first-order chi connectivity index (χ1) is 5.57. The van der Waals surface area contributed by atoms with Crippen LogP contribution in [-0.4, -0.2) is 0 Å². The van der Waals surface area contributed by atoms with Crippen molar-refractivity contribution in [2.75, 3.05) is 0 Å². The number of allylic oxidation sites excluding steroid dienone is 3. The maximum Gasteiger partial charge on any atom is -0.0142 e. The molecule has 0 aliphatic heterocycles. The summed E-state index contributed by atoms with van der Waals surface area (Å²) in [5.74, 6) is 0.816. The lowest BCUT2D eigenvalue weighted by Gasteiger charge is -2.07. The van der Waals surface area contributed by atoms with Crippen molar-refractivity contribution in [1.29, 1.82) is 0 Å². The van der Waals surface area contributed by atoms with Gasteiger partial charge in [-0.15, -0.1) is 6.58 Å². The quantitative estimate of drug-likeness (QED) is 0.533. The highest BCUT2D eigenvalue weighted by Gasteiger charge is 1.98. The van der Waals surface area contributed by atoms with Crippen molar-refractivity contribution in [3.63, 3.8) is 0 Å². The van der Waals surface area contributed by atoms with Gasteiger partial charge in [-0.05, 0) is 39.0 Å². The summed E-state index contributed by atoms with van der Waals surface area (Å²) in [5, 5.41) is 0. The summed E-state index contributed by atoms with van der Waals surface area (Å²) >= 11 is 0. The third-order valence-electron chi connectivity index (χ3n) is 2.28. The lowest BCUT2D eigenvalue weighted by Crippen LogP contribution is -1.90. The third-order valence-corrected chi connectivity index (χ3v) is 2.28. The van der Waals surface area contributed by atoms with Crippen LogP contribution in [0.15, 0.2) is 23.8 Å². The van der Waals surface area contributed by atoms with Crippen LogP contribution in [0.2, 0.25) is 0 Å². The van der Waals surface area contributed by atoms with Crippen molar-refractivity contribution in [2.24, 2.45) is 5.92 Å². The van der Waals surface area contributed by atoms with Crippen molar-refractivity contribution < 1.29 is 0 Å². The van der Waals surface area contributed by atoms with Crippen LogP contribution in [0.1, 0.15) is 47.0 Å². The molecule has 0 spiro atoms. The van der Waals surface area contributed by atoms with Gasteiger partial charge in [0.05, 0.1) is 0 Å². The Morgan fingerprint density at radius 1 is 1.25 bits per heavy atom. The lowest BCUT2D eigenvalue weighted by molar-refractivity contribution is 0.582. The molecule has 0 amide bonds. The highest BCUT2D eigenvalue weighted by molar-refractivity contribution is 5.12. The molecule has 0 fully saturated rings. The summed E-state index contributed by atoms with van der Waals surface area (Å²) in [6, 6.07) is 0. The van der Waals surface area contributed by atoms with E-state index in [0.717, 1.165) is 12.3 Å². The van der Waals surface area contributed by atoms with Crippen LogP contribution in [0.25, 0.3) is 0 Å². The van der Waals surface area contributed by atoms with Gasteiger partial charge in [0.15, 0.2) is 0 Å². The topological polar surface area (TPSA) is 0 Å². The summed E-state index contributed by atoms with van der Waals surface area (Å²) in [5.41, 5.74) is 3.04. The van der Waals surface area contributed by atoms with Gasteiger partial charge in [0.1, 0.15) is 0 Å². The van der Waals surface area contributed by atoms with Crippen LogP contribution in [0.3, 0.4) is 0 Å². The average molecular weight is 166 g/mol. The SMILES string of the molecule is C=CC/C(C)=C(/C)CCC(C)C. The Bertz CT molecular complexity index is 161. The van der Waals surface area contributed by atoms with Gasteiger partial charge < -0.3 is 0 Å². The minimum absolute atomic E-state index is 0.816. The molecule has 0 aromatic rings. The van der Waals surface area contributed by atoms with E-state index in [1.807, 2.05) is 6.08 Å². The van der Waals surface area contributed by atoms with Crippen molar-refractivity contribution in [2.45, 2.75) is 47.0 Å². The molecule has 0 nitrogen and oxygen atoms in total. The monoisotopic (exact) mass is 166 g/mol. The van der Waals surface area contributed by atoms with Crippen molar-refractivity contribution in [3.8, 4) is 0 Å². The molecule has 0 unspecified atom stereocenters. The number of hydrogen-bond donors (Lipinski definition) is 0. The fourth-order valence-corrected chi connectivity index (χ4v) is 1.11. The maximum absolute atomic E-state index is 3.74. The normalized spacial score (nSPS) is 13.1. The van der Waals surface area contributed by atoms with E-state index in [0.29, 0.717) is 0 Å². The summed E-state index contributed by atoms with van der Waals surface area (Å²) in [6.07, 6.45) is 5.58. The molecule has 70 valence electrons. The standard InChI is InChI=1S/C12H22/c1-6-7-11(4)12(5)9-8-10(2)3/h6,10H,1,7-9H2,2-5H3/b12-11-. The van der Waals surface area contributed by atoms with E-state index in [1.54, 1.807) is 5.57 Å². The Labute approximate surface area is 77.4 Å². The Morgan fingerprint density at radius 3 is 2.25 bits per heavy atom. The molecule has 0 aromatic carbocycles. The zero-order valence-electron chi connectivity index (χ0n) is 8.98. The van der Waals surface area contributed by atoms with E-state index < -0.39 is 0 Å². The lowest BCUT2D eigenvalue weighted by atomic mass is 9.99. The molecule has 0 aromatic heterocycles. The van der Waals surface area contributed by atoms with Crippen LogP contribution >= 0.6 is 0 Å². The van der Waals surface area contributed by atoms with Gasteiger partial charge in [-0.25, -0.2) is 0 Å².